The Balaban J connectivity index is 1.92. The molecule has 0 atom stereocenters. The third-order valence-corrected chi connectivity index (χ3v) is 4.98. The number of aliphatic imine (C=N–C) groups is 1. The molecule has 3 aromatic carbocycles. The summed E-state index contributed by atoms with van der Waals surface area (Å²) in [5, 5.41) is 2.16. The van der Waals surface area contributed by atoms with Crippen molar-refractivity contribution in [2.24, 2.45) is 4.99 Å². The van der Waals surface area contributed by atoms with Crippen LogP contribution < -0.4 is 0 Å². The number of alkyl halides is 3. The van der Waals surface area contributed by atoms with Crippen LogP contribution in [0.25, 0.3) is 0 Å². The van der Waals surface area contributed by atoms with Gasteiger partial charge in [-0.2, -0.15) is 13.2 Å². The normalized spacial score (nSPS) is 12.5. The Labute approximate surface area is 174 Å². The summed E-state index contributed by atoms with van der Waals surface area (Å²) in [6.45, 7) is 0. The fourth-order valence-corrected chi connectivity index (χ4v) is 3.22. The molecule has 0 saturated carbocycles. The lowest BCUT2D eigenvalue weighted by Gasteiger charge is -2.08. The van der Waals surface area contributed by atoms with E-state index in [9.17, 15) is 17.6 Å². The third kappa shape index (κ3) is 5.95. The first-order chi connectivity index (χ1) is 13.8. The Morgan fingerprint density at radius 2 is 1.55 bits per heavy atom. The summed E-state index contributed by atoms with van der Waals surface area (Å²) in [7, 11) is 0. The van der Waals surface area contributed by atoms with Crippen LogP contribution >= 0.6 is 23.4 Å². The summed E-state index contributed by atoms with van der Waals surface area (Å²) < 4.78 is 51.6. The number of halogens is 5. The van der Waals surface area contributed by atoms with Gasteiger partial charge in [0.2, 0.25) is 0 Å². The van der Waals surface area contributed by atoms with E-state index in [0.717, 1.165) is 17.0 Å². The van der Waals surface area contributed by atoms with Crippen LogP contribution in [-0.2, 0) is 6.18 Å². The molecular weight excluding hydrogens is 422 g/mol. The van der Waals surface area contributed by atoms with Crippen molar-refractivity contribution < 1.29 is 17.6 Å². The molecule has 7 heteroatoms. The fourth-order valence-electron chi connectivity index (χ4n) is 2.39. The van der Waals surface area contributed by atoms with Gasteiger partial charge in [0.15, 0.2) is 0 Å². The smallest absolute Gasteiger partial charge is 0.247 e. The van der Waals surface area contributed by atoms with Gasteiger partial charge in [0.25, 0.3) is 0 Å². The SMILES string of the molecule is Fc1ccc(SC=CC(=Nc2ccccc2Cl)c2ccc(C(F)(F)F)cc2)cc1. The summed E-state index contributed by atoms with van der Waals surface area (Å²) in [4.78, 5) is 5.32. The number of para-hydroxylation sites is 1. The minimum atomic E-state index is -4.41. The zero-order chi connectivity index (χ0) is 20.9. The number of hydrogen-bond donors (Lipinski definition) is 0. The van der Waals surface area contributed by atoms with Crippen molar-refractivity contribution in [2.75, 3.05) is 0 Å². The monoisotopic (exact) mass is 435 g/mol. The van der Waals surface area contributed by atoms with Crippen LogP contribution in [0.4, 0.5) is 23.2 Å². The third-order valence-electron chi connectivity index (χ3n) is 3.85. The van der Waals surface area contributed by atoms with Gasteiger partial charge < -0.3 is 0 Å². The van der Waals surface area contributed by atoms with Crippen molar-refractivity contribution in [1.82, 2.24) is 0 Å². The van der Waals surface area contributed by atoms with Gasteiger partial charge in [-0.15, -0.1) is 0 Å². The predicted molar refractivity (Wildman–Crippen MR) is 110 cm³/mol. The molecule has 0 spiro atoms. The average molecular weight is 436 g/mol. The first kappa shape index (κ1) is 21.1. The molecule has 3 rings (SSSR count). The maximum Gasteiger partial charge on any atom is 0.416 e. The quantitative estimate of drug-likeness (QED) is 0.225. The van der Waals surface area contributed by atoms with E-state index in [0.29, 0.717) is 22.0 Å². The molecule has 0 radical (unpaired) electrons. The van der Waals surface area contributed by atoms with E-state index < -0.39 is 11.7 Å². The fraction of sp³-hybridized carbons (Fsp3) is 0.0455. The van der Waals surface area contributed by atoms with Crippen molar-refractivity contribution in [3.63, 3.8) is 0 Å². The summed E-state index contributed by atoms with van der Waals surface area (Å²) in [5.74, 6) is -0.330. The van der Waals surface area contributed by atoms with Gasteiger partial charge in [-0.05, 0) is 60.0 Å². The van der Waals surface area contributed by atoms with Crippen LogP contribution in [0, 0.1) is 5.82 Å². The molecular formula is C22H14ClF4NS. The van der Waals surface area contributed by atoms with E-state index in [-0.39, 0.29) is 5.82 Å². The second-order valence-corrected chi connectivity index (χ2v) is 7.28. The molecule has 0 fully saturated rings. The molecule has 148 valence electrons. The highest BCUT2D eigenvalue weighted by molar-refractivity contribution is 8.02. The predicted octanol–water partition coefficient (Wildman–Crippen LogP) is 7.92. The number of thioether (sulfide) groups is 1. The van der Waals surface area contributed by atoms with E-state index in [2.05, 4.69) is 4.99 Å². The van der Waals surface area contributed by atoms with Gasteiger partial charge in [-0.1, -0.05) is 47.6 Å². The Morgan fingerprint density at radius 1 is 0.897 bits per heavy atom. The molecule has 0 aliphatic rings. The summed E-state index contributed by atoms with van der Waals surface area (Å²) in [6.07, 6.45) is -2.73. The topological polar surface area (TPSA) is 12.4 Å². The van der Waals surface area contributed by atoms with Crippen molar-refractivity contribution in [1.29, 1.82) is 0 Å². The lowest BCUT2D eigenvalue weighted by molar-refractivity contribution is -0.137. The van der Waals surface area contributed by atoms with Crippen LogP contribution in [0.1, 0.15) is 11.1 Å². The lowest BCUT2D eigenvalue weighted by Crippen LogP contribution is -2.05. The van der Waals surface area contributed by atoms with Crippen molar-refractivity contribution in [2.45, 2.75) is 11.1 Å². The Hall–Kier alpha value is -2.57. The number of rotatable bonds is 5. The van der Waals surface area contributed by atoms with Gasteiger partial charge in [0, 0.05) is 10.5 Å². The molecule has 29 heavy (non-hydrogen) atoms. The average Bonchev–Trinajstić information content (AvgIpc) is 2.70. The van der Waals surface area contributed by atoms with E-state index in [1.807, 2.05) is 0 Å². The van der Waals surface area contributed by atoms with Crippen LogP contribution in [0.3, 0.4) is 0 Å². The number of hydrogen-bond acceptors (Lipinski definition) is 2. The van der Waals surface area contributed by atoms with Gasteiger partial charge in [0.1, 0.15) is 5.82 Å². The maximum atomic E-state index is 13.0. The lowest BCUT2D eigenvalue weighted by atomic mass is 10.1. The summed E-state index contributed by atoms with van der Waals surface area (Å²) in [5.41, 5.74) is 0.721. The Bertz CT molecular complexity index is 1030. The van der Waals surface area contributed by atoms with E-state index in [1.165, 1.54) is 36.0 Å². The largest absolute Gasteiger partial charge is 0.416 e. The Morgan fingerprint density at radius 3 is 2.17 bits per heavy atom. The number of allylic oxidation sites excluding steroid dienone is 1. The van der Waals surface area contributed by atoms with E-state index in [4.69, 9.17) is 11.6 Å². The Kier molecular flexibility index (Phi) is 6.77. The van der Waals surface area contributed by atoms with Gasteiger partial charge >= 0.3 is 6.18 Å². The number of nitrogens with zero attached hydrogens (tertiary/aromatic N) is 1. The molecule has 0 aliphatic carbocycles. The first-order valence-electron chi connectivity index (χ1n) is 8.42. The second-order valence-electron chi connectivity index (χ2n) is 5.90. The van der Waals surface area contributed by atoms with Crippen molar-refractivity contribution in [3.05, 3.63) is 106 Å². The minimum Gasteiger partial charge on any atom is -0.247 e. The molecule has 0 saturated heterocycles. The zero-order valence-corrected chi connectivity index (χ0v) is 16.4. The van der Waals surface area contributed by atoms with Gasteiger partial charge in [0.05, 0.1) is 22.0 Å². The second kappa shape index (κ2) is 9.29. The van der Waals surface area contributed by atoms with Crippen molar-refractivity contribution >= 4 is 34.8 Å². The number of benzene rings is 3. The highest BCUT2D eigenvalue weighted by Crippen LogP contribution is 2.30. The van der Waals surface area contributed by atoms with Crippen LogP contribution in [0.5, 0.6) is 0 Å². The van der Waals surface area contributed by atoms with E-state index >= 15 is 0 Å². The maximum absolute atomic E-state index is 13.0. The highest BCUT2D eigenvalue weighted by Gasteiger charge is 2.30. The van der Waals surface area contributed by atoms with Gasteiger partial charge in [-0.25, -0.2) is 9.38 Å². The zero-order valence-electron chi connectivity index (χ0n) is 14.8. The van der Waals surface area contributed by atoms with Crippen LogP contribution in [0.15, 0.2) is 94.2 Å². The van der Waals surface area contributed by atoms with Gasteiger partial charge in [-0.3, -0.25) is 0 Å². The summed E-state index contributed by atoms with van der Waals surface area (Å²) in [6, 6.07) is 17.7. The molecule has 0 bridgehead atoms. The molecule has 0 N–H and O–H groups in total. The summed E-state index contributed by atoms with van der Waals surface area (Å²) >= 11 is 7.50. The minimum absolute atomic E-state index is 0.330. The molecule has 0 aromatic heterocycles. The molecule has 0 unspecified atom stereocenters. The molecule has 1 nitrogen and oxygen atoms in total. The molecule has 0 aliphatic heterocycles. The van der Waals surface area contributed by atoms with E-state index in [1.54, 1.807) is 47.9 Å². The molecule has 3 aromatic rings. The highest BCUT2D eigenvalue weighted by atomic mass is 35.5. The first-order valence-corrected chi connectivity index (χ1v) is 9.68. The standard InChI is InChI=1S/C22H14ClF4NS/c23-19-3-1-2-4-21(19)28-20(13-14-29-18-11-9-17(24)10-12-18)15-5-7-16(8-6-15)22(25,26)27/h1-14H. The van der Waals surface area contributed by atoms with Crippen LogP contribution in [0.2, 0.25) is 5.02 Å². The van der Waals surface area contributed by atoms with Crippen molar-refractivity contribution in [3.8, 4) is 0 Å². The molecule has 0 amide bonds. The van der Waals surface area contributed by atoms with Crippen LogP contribution in [-0.4, -0.2) is 5.71 Å². The molecule has 0 heterocycles.